The van der Waals surface area contributed by atoms with Crippen molar-refractivity contribution in [2.24, 2.45) is 4.51 Å². The van der Waals surface area contributed by atoms with Crippen molar-refractivity contribution in [3.8, 4) is 0 Å². The number of rotatable bonds is 2. The summed E-state index contributed by atoms with van der Waals surface area (Å²) in [5, 5.41) is 0. The van der Waals surface area contributed by atoms with Crippen LogP contribution in [0.5, 0.6) is 0 Å². The lowest BCUT2D eigenvalue weighted by atomic mass is 10.4. The molecule has 0 aliphatic rings. The minimum Gasteiger partial charge on any atom is -0.186 e. The van der Waals surface area contributed by atoms with Gasteiger partial charge >= 0.3 is 0 Å². The molecule has 2 heteroatoms. The molecule has 0 fully saturated rings. The van der Waals surface area contributed by atoms with E-state index in [0.717, 1.165) is 0 Å². The van der Waals surface area contributed by atoms with E-state index in [9.17, 15) is 0 Å². The van der Waals surface area contributed by atoms with Crippen molar-refractivity contribution in [2.45, 2.75) is 6.92 Å². The van der Waals surface area contributed by atoms with Crippen LogP contribution >= 0.6 is 11.8 Å². The summed E-state index contributed by atoms with van der Waals surface area (Å²) in [6.45, 7) is 1.95. The molecule has 0 aromatic heterocycles. The summed E-state index contributed by atoms with van der Waals surface area (Å²) in [5.74, 6) is 0. The molecule has 0 aliphatic carbocycles. The molecule has 1 nitrogen and oxygen atoms in total. The van der Waals surface area contributed by atoms with Gasteiger partial charge in [0, 0.05) is 18.0 Å². The second-order valence-electron chi connectivity index (χ2n) is 1.16. The molecule has 0 heterocycles. The van der Waals surface area contributed by atoms with Crippen LogP contribution in [0.25, 0.3) is 0 Å². The summed E-state index contributed by atoms with van der Waals surface area (Å²) in [7, 11) is 0. The Morgan fingerprint density at radius 1 is 1.25 bits per heavy atom. The van der Waals surface area contributed by atoms with Gasteiger partial charge in [0.15, 0.2) is 0 Å². The molecule has 0 rings (SSSR count). The van der Waals surface area contributed by atoms with Gasteiger partial charge in [0.25, 0.3) is 0 Å². The summed E-state index contributed by atoms with van der Waals surface area (Å²) in [4.78, 5) is 0. The fourth-order valence-electron chi connectivity index (χ4n) is 0.257. The van der Waals surface area contributed by atoms with Gasteiger partial charge in [-0.2, -0.15) is 4.51 Å². The van der Waals surface area contributed by atoms with E-state index < -0.39 is 0 Å². The number of nitrogens with zero attached hydrogens (tertiary/aromatic N) is 1. The maximum atomic E-state index is 4.97. The molecule has 44 valence electrons. The first-order chi connectivity index (χ1) is 3.91. The number of halogens is 1. The highest BCUT2D eigenvalue weighted by molar-refractivity contribution is 6.18. The Kier molecular flexibility index (Phi) is 5.99. The molecule has 0 aromatic rings. The fraction of sp³-hybridized carbons (Fsp3) is 0.167. The molecule has 8 heavy (non-hydrogen) atoms. The normalized spacial score (nSPS) is 12.8. The first-order valence-corrected chi connectivity index (χ1v) is 2.68. The van der Waals surface area contributed by atoms with Crippen LogP contribution in [-0.2, 0) is 0 Å². The highest BCUT2D eigenvalue weighted by Crippen LogP contribution is 1.75. The maximum absolute atomic E-state index is 4.97. The molecule has 0 unspecified atom stereocenters. The van der Waals surface area contributed by atoms with Crippen LogP contribution < -0.4 is 0 Å². The molecule has 0 aliphatic heterocycles. The molecule has 0 atom stereocenters. The Morgan fingerprint density at radius 3 is 2.50 bits per heavy atom. The Bertz CT molecular complexity index is 99.7. The molecule has 0 saturated heterocycles. The fourth-order valence-corrected chi connectivity index (χ4v) is 0.323. The van der Waals surface area contributed by atoms with Crippen molar-refractivity contribution in [3.63, 3.8) is 0 Å². The zero-order valence-electron chi connectivity index (χ0n) is 4.71. The second kappa shape index (κ2) is 6.44. The molecule has 0 saturated carbocycles. The third-order valence-corrected chi connectivity index (χ3v) is 0.670. The standard InChI is InChI=1S/C6H8ClN/c1-2-3-4-5-6-8-7/h2-6H,1H3/b3-2-,5-4-,8-6+. The van der Waals surface area contributed by atoms with E-state index in [1.807, 2.05) is 25.2 Å². The van der Waals surface area contributed by atoms with Crippen molar-refractivity contribution in [1.82, 2.24) is 0 Å². The second-order valence-corrected chi connectivity index (χ2v) is 1.35. The zero-order chi connectivity index (χ0) is 6.24. The van der Waals surface area contributed by atoms with Gasteiger partial charge in [-0.3, -0.25) is 0 Å². The molecular weight excluding hydrogens is 122 g/mol. The topological polar surface area (TPSA) is 12.4 Å². The van der Waals surface area contributed by atoms with Crippen molar-refractivity contribution >= 4 is 18.0 Å². The summed E-state index contributed by atoms with van der Waals surface area (Å²) in [6, 6.07) is 0. The van der Waals surface area contributed by atoms with Gasteiger partial charge in [-0.05, 0) is 13.0 Å². The molecule has 0 N–H and O–H groups in total. The van der Waals surface area contributed by atoms with E-state index in [0.29, 0.717) is 0 Å². The smallest absolute Gasteiger partial charge is 0.0415 e. The van der Waals surface area contributed by atoms with Gasteiger partial charge in [0.1, 0.15) is 0 Å². The highest BCUT2D eigenvalue weighted by Gasteiger charge is 1.57. The third-order valence-electron chi connectivity index (χ3n) is 0.557. The largest absolute Gasteiger partial charge is 0.186 e. The number of hydrogen-bond acceptors (Lipinski definition) is 1. The van der Waals surface area contributed by atoms with Crippen molar-refractivity contribution in [3.05, 3.63) is 24.3 Å². The molecule has 0 amide bonds. The minimum atomic E-state index is 1.52. The van der Waals surface area contributed by atoms with Gasteiger partial charge in [0.2, 0.25) is 0 Å². The summed E-state index contributed by atoms with van der Waals surface area (Å²) in [5.41, 5.74) is 0. The van der Waals surface area contributed by atoms with E-state index >= 15 is 0 Å². The monoisotopic (exact) mass is 129 g/mol. The average Bonchev–Trinajstić information content (AvgIpc) is 1.81. The average molecular weight is 130 g/mol. The van der Waals surface area contributed by atoms with Crippen molar-refractivity contribution in [2.75, 3.05) is 0 Å². The van der Waals surface area contributed by atoms with Gasteiger partial charge < -0.3 is 0 Å². The van der Waals surface area contributed by atoms with Gasteiger partial charge in [-0.1, -0.05) is 18.2 Å². The lowest BCUT2D eigenvalue weighted by Gasteiger charge is -1.66. The third kappa shape index (κ3) is 5.44. The first kappa shape index (κ1) is 7.44. The van der Waals surface area contributed by atoms with Crippen LogP contribution in [0.4, 0.5) is 0 Å². The van der Waals surface area contributed by atoms with Crippen LogP contribution in [0, 0.1) is 0 Å². The lowest BCUT2D eigenvalue weighted by molar-refractivity contribution is 1.74. The molecule has 0 aromatic carbocycles. The van der Waals surface area contributed by atoms with Gasteiger partial charge in [-0.25, -0.2) is 0 Å². The van der Waals surface area contributed by atoms with Crippen LogP contribution in [0.15, 0.2) is 28.8 Å². The number of allylic oxidation sites excluding steroid dienone is 4. The minimum absolute atomic E-state index is 1.52. The van der Waals surface area contributed by atoms with Gasteiger partial charge in [-0.15, -0.1) is 0 Å². The Morgan fingerprint density at radius 2 is 2.00 bits per heavy atom. The highest BCUT2D eigenvalue weighted by atomic mass is 35.5. The molecular formula is C6H8ClN. The quantitative estimate of drug-likeness (QED) is 0.401. The predicted molar refractivity (Wildman–Crippen MR) is 38.3 cm³/mol. The Hall–Kier alpha value is -0.560. The van der Waals surface area contributed by atoms with Crippen molar-refractivity contribution < 1.29 is 0 Å². The van der Waals surface area contributed by atoms with Crippen molar-refractivity contribution in [1.29, 1.82) is 0 Å². The molecule has 0 spiro atoms. The Balaban J connectivity index is 3.35. The summed E-state index contributed by atoms with van der Waals surface area (Å²) >= 11 is 4.97. The van der Waals surface area contributed by atoms with E-state index in [-0.39, 0.29) is 0 Å². The summed E-state index contributed by atoms with van der Waals surface area (Å²) in [6.07, 6.45) is 8.96. The van der Waals surface area contributed by atoms with Crippen LogP contribution in [0.2, 0.25) is 0 Å². The predicted octanol–water partition coefficient (Wildman–Crippen LogP) is 2.34. The summed E-state index contributed by atoms with van der Waals surface area (Å²) < 4.78 is 3.23. The van der Waals surface area contributed by atoms with Crippen LogP contribution in [-0.4, -0.2) is 6.21 Å². The SMILES string of the molecule is C\C=C/C=C\C=N\Cl. The van der Waals surface area contributed by atoms with Crippen LogP contribution in [0.3, 0.4) is 0 Å². The maximum Gasteiger partial charge on any atom is 0.0415 e. The van der Waals surface area contributed by atoms with E-state index in [1.165, 1.54) is 6.21 Å². The number of hydrogen-bond donors (Lipinski definition) is 0. The lowest BCUT2D eigenvalue weighted by Crippen LogP contribution is -1.54. The molecule has 0 radical (unpaired) electrons. The zero-order valence-corrected chi connectivity index (χ0v) is 5.47. The first-order valence-electron chi connectivity index (χ1n) is 2.34. The Labute approximate surface area is 54.5 Å². The van der Waals surface area contributed by atoms with Gasteiger partial charge in [0.05, 0.1) is 0 Å². The van der Waals surface area contributed by atoms with E-state index in [4.69, 9.17) is 11.8 Å². The van der Waals surface area contributed by atoms with E-state index in [2.05, 4.69) is 4.51 Å². The van der Waals surface area contributed by atoms with Crippen LogP contribution in [0.1, 0.15) is 6.92 Å². The van der Waals surface area contributed by atoms with E-state index in [1.54, 1.807) is 6.08 Å². The molecule has 0 bridgehead atoms.